The molecular formula is C11H13ClN4O. The van der Waals surface area contributed by atoms with Crippen molar-refractivity contribution in [3.05, 3.63) is 23.2 Å². The van der Waals surface area contributed by atoms with Crippen LogP contribution in [0.1, 0.15) is 13.8 Å². The minimum atomic E-state index is 0.103. The number of rotatable bonds is 3. The zero-order chi connectivity index (χ0) is 12.4. The molecule has 17 heavy (non-hydrogen) atoms. The van der Waals surface area contributed by atoms with E-state index in [1.165, 1.54) is 6.07 Å². The van der Waals surface area contributed by atoms with Crippen LogP contribution in [0.15, 0.2) is 18.2 Å². The number of hydrogen-bond acceptors (Lipinski definition) is 4. The van der Waals surface area contributed by atoms with E-state index in [-0.39, 0.29) is 5.75 Å². The fourth-order valence-corrected chi connectivity index (χ4v) is 1.81. The number of benzene rings is 1. The van der Waals surface area contributed by atoms with E-state index < -0.39 is 0 Å². The lowest BCUT2D eigenvalue weighted by Crippen LogP contribution is -2.08. The Balaban J connectivity index is 2.42. The quantitative estimate of drug-likeness (QED) is 0.911. The van der Waals surface area contributed by atoms with Crippen molar-refractivity contribution in [3.8, 4) is 17.1 Å². The number of halogens is 1. The molecule has 0 fully saturated rings. The highest BCUT2D eigenvalue weighted by Gasteiger charge is 2.11. The molecule has 0 bridgehead atoms. The SMILES string of the molecule is CC(C)Cn1nnnc1-c1cc(O)cc(Cl)c1. The Morgan fingerprint density at radius 3 is 2.76 bits per heavy atom. The highest BCUT2D eigenvalue weighted by molar-refractivity contribution is 6.31. The Kier molecular flexibility index (Phi) is 3.28. The average Bonchev–Trinajstić information content (AvgIpc) is 2.63. The highest BCUT2D eigenvalue weighted by atomic mass is 35.5. The van der Waals surface area contributed by atoms with Gasteiger partial charge in [0.15, 0.2) is 5.82 Å². The lowest BCUT2D eigenvalue weighted by atomic mass is 10.2. The zero-order valence-electron chi connectivity index (χ0n) is 9.63. The Morgan fingerprint density at radius 1 is 1.35 bits per heavy atom. The van der Waals surface area contributed by atoms with Crippen LogP contribution in [-0.2, 0) is 6.54 Å². The van der Waals surface area contributed by atoms with Gasteiger partial charge in [0.05, 0.1) is 0 Å². The Morgan fingerprint density at radius 2 is 2.12 bits per heavy atom. The third-order valence-electron chi connectivity index (χ3n) is 2.21. The third kappa shape index (κ3) is 2.74. The van der Waals surface area contributed by atoms with Crippen molar-refractivity contribution in [1.29, 1.82) is 0 Å². The first-order valence-corrected chi connectivity index (χ1v) is 5.70. The van der Waals surface area contributed by atoms with Crippen molar-refractivity contribution >= 4 is 11.6 Å². The fraction of sp³-hybridized carbons (Fsp3) is 0.364. The van der Waals surface area contributed by atoms with E-state index in [0.717, 1.165) is 6.54 Å². The highest BCUT2D eigenvalue weighted by Crippen LogP contribution is 2.26. The predicted molar refractivity (Wildman–Crippen MR) is 64.8 cm³/mol. The van der Waals surface area contributed by atoms with Gasteiger partial charge in [-0.3, -0.25) is 0 Å². The number of nitrogens with zero attached hydrogens (tertiary/aromatic N) is 4. The third-order valence-corrected chi connectivity index (χ3v) is 2.43. The molecule has 5 nitrogen and oxygen atoms in total. The van der Waals surface area contributed by atoms with E-state index in [1.54, 1.807) is 16.8 Å². The van der Waals surface area contributed by atoms with E-state index in [9.17, 15) is 5.11 Å². The topological polar surface area (TPSA) is 63.8 Å². The molecule has 0 aliphatic heterocycles. The number of phenolic OH excluding ortho intramolecular Hbond substituents is 1. The average molecular weight is 253 g/mol. The first-order chi connectivity index (χ1) is 8.06. The van der Waals surface area contributed by atoms with Gasteiger partial charge in [-0.25, -0.2) is 4.68 Å². The largest absolute Gasteiger partial charge is 0.508 e. The van der Waals surface area contributed by atoms with E-state index in [0.29, 0.717) is 22.3 Å². The second-order valence-electron chi connectivity index (χ2n) is 4.28. The summed E-state index contributed by atoms with van der Waals surface area (Å²) in [5.74, 6) is 1.15. The van der Waals surface area contributed by atoms with Gasteiger partial charge in [-0.1, -0.05) is 25.4 Å². The van der Waals surface area contributed by atoms with Crippen LogP contribution in [0, 0.1) is 5.92 Å². The summed E-state index contributed by atoms with van der Waals surface area (Å²) in [6.07, 6.45) is 0. The van der Waals surface area contributed by atoms with Gasteiger partial charge in [0.2, 0.25) is 0 Å². The van der Waals surface area contributed by atoms with Crippen LogP contribution in [0.25, 0.3) is 11.4 Å². The zero-order valence-corrected chi connectivity index (χ0v) is 10.4. The monoisotopic (exact) mass is 252 g/mol. The maximum atomic E-state index is 9.50. The van der Waals surface area contributed by atoms with E-state index in [1.807, 2.05) is 0 Å². The summed E-state index contributed by atoms with van der Waals surface area (Å²) in [6.45, 7) is 4.89. The molecule has 1 heterocycles. The van der Waals surface area contributed by atoms with Crippen molar-refractivity contribution in [3.63, 3.8) is 0 Å². The minimum Gasteiger partial charge on any atom is -0.508 e. The summed E-state index contributed by atoms with van der Waals surface area (Å²) >= 11 is 5.89. The standard InChI is InChI=1S/C11H13ClN4O/c1-7(2)6-16-11(13-14-15-16)8-3-9(12)5-10(17)4-8/h3-5,7,17H,6H2,1-2H3. The van der Waals surface area contributed by atoms with Crippen LogP contribution in [0.5, 0.6) is 5.75 Å². The smallest absolute Gasteiger partial charge is 0.182 e. The fourth-order valence-electron chi connectivity index (χ4n) is 1.58. The van der Waals surface area contributed by atoms with Gasteiger partial charge in [0.1, 0.15) is 5.75 Å². The summed E-state index contributed by atoms with van der Waals surface area (Å²) in [5, 5.41) is 21.5. The molecule has 90 valence electrons. The maximum Gasteiger partial charge on any atom is 0.182 e. The van der Waals surface area contributed by atoms with Crippen molar-refractivity contribution in [2.45, 2.75) is 20.4 Å². The summed E-state index contributed by atoms with van der Waals surface area (Å²) in [7, 11) is 0. The number of aromatic hydroxyl groups is 1. The lowest BCUT2D eigenvalue weighted by Gasteiger charge is -2.07. The van der Waals surface area contributed by atoms with Crippen LogP contribution in [-0.4, -0.2) is 25.3 Å². The van der Waals surface area contributed by atoms with E-state index in [4.69, 9.17) is 11.6 Å². The molecule has 0 spiro atoms. The van der Waals surface area contributed by atoms with Crippen LogP contribution >= 0.6 is 11.6 Å². The Bertz CT molecular complexity index is 504. The number of aromatic nitrogens is 4. The molecule has 0 saturated heterocycles. The molecule has 2 aromatic rings. The molecular weight excluding hydrogens is 240 g/mol. The van der Waals surface area contributed by atoms with Gasteiger partial charge in [-0.15, -0.1) is 5.10 Å². The Labute approximate surface area is 104 Å². The van der Waals surface area contributed by atoms with Crippen molar-refractivity contribution in [1.82, 2.24) is 20.2 Å². The van der Waals surface area contributed by atoms with Crippen molar-refractivity contribution in [2.75, 3.05) is 0 Å². The molecule has 0 amide bonds. The van der Waals surface area contributed by atoms with Gasteiger partial charge in [-0.2, -0.15) is 0 Å². The minimum absolute atomic E-state index is 0.103. The van der Waals surface area contributed by atoms with Crippen molar-refractivity contribution in [2.24, 2.45) is 5.92 Å². The molecule has 0 saturated carbocycles. The second-order valence-corrected chi connectivity index (χ2v) is 4.71. The van der Waals surface area contributed by atoms with Crippen molar-refractivity contribution < 1.29 is 5.11 Å². The molecule has 1 N–H and O–H groups in total. The molecule has 0 radical (unpaired) electrons. The first-order valence-electron chi connectivity index (χ1n) is 5.32. The van der Waals surface area contributed by atoms with Gasteiger partial charge in [0.25, 0.3) is 0 Å². The van der Waals surface area contributed by atoms with Gasteiger partial charge < -0.3 is 5.11 Å². The molecule has 0 unspecified atom stereocenters. The van der Waals surface area contributed by atoms with Gasteiger partial charge in [0, 0.05) is 17.1 Å². The summed E-state index contributed by atoms with van der Waals surface area (Å²) < 4.78 is 1.70. The number of tetrazole rings is 1. The maximum absolute atomic E-state index is 9.50. The van der Waals surface area contributed by atoms with Crippen LogP contribution in [0.4, 0.5) is 0 Å². The first kappa shape index (κ1) is 11.9. The van der Waals surface area contributed by atoms with Gasteiger partial charge >= 0.3 is 0 Å². The second kappa shape index (κ2) is 4.71. The summed E-state index contributed by atoms with van der Waals surface area (Å²) in [4.78, 5) is 0. The van der Waals surface area contributed by atoms with Crippen LogP contribution in [0.3, 0.4) is 0 Å². The normalized spacial score (nSPS) is 11.1. The van der Waals surface area contributed by atoms with Gasteiger partial charge in [-0.05, 0) is 34.5 Å². The summed E-state index contributed by atoms with van der Waals surface area (Å²) in [6, 6.07) is 4.79. The molecule has 1 aromatic carbocycles. The van der Waals surface area contributed by atoms with E-state index in [2.05, 4.69) is 29.4 Å². The molecule has 0 atom stereocenters. The van der Waals surface area contributed by atoms with Crippen LogP contribution in [0.2, 0.25) is 5.02 Å². The molecule has 6 heteroatoms. The summed E-state index contributed by atoms with van der Waals surface area (Å²) in [5.41, 5.74) is 0.709. The predicted octanol–water partition coefficient (Wildman–Crippen LogP) is 2.36. The molecule has 1 aromatic heterocycles. The van der Waals surface area contributed by atoms with Crippen LogP contribution < -0.4 is 0 Å². The van der Waals surface area contributed by atoms with E-state index >= 15 is 0 Å². The molecule has 2 rings (SSSR count). The molecule has 0 aliphatic carbocycles. The lowest BCUT2D eigenvalue weighted by molar-refractivity contribution is 0.472. The molecule has 0 aliphatic rings. The number of hydrogen-bond donors (Lipinski definition) is 1. The Hall–Kier alpha value is -1.62. The number of phenols is 1.